The van der Waals surface area contributed by atoms with Crippen LogP contribution in [0.1, 0.15) is 0 Å². The Morgan fingerprint density at radius 1 is 1.19 bits per heavy atom. The second-order valence-electron chi connectivity index (χ2n) is 4.75. The summed E-state index contributed by atoms with van der Waals surface area (Å²) in [6.07, 6.45) is 2.86. The average molecular weight is 287 g/mol. The van der Waals surface area contributed by atoms with Crippen molar-refractivity contribution in [3.05, 3.63) is 42.7 Å². The first-order valence-corrected chi connectivity index (χ1v) is 6.92. The third-order valence-corrected chi connectivity index (χ3v) is 3.34. The summed E-state index contributed by atoms with van der Waals surface area (Å²) in [6, 6.07) is 9.04. The van der Waals surface area contributed by atoms with Crippen molar-refractivity contribution in [2.75, 3.05) is 32.8 Å². The van der Waals surface area contributed by atoms with E-state index in [-0.39, 0.29) is 0 Å². The first-order valence-electron chi connectivity index (χ1n) is 6.92. The van der Waals surface area contributed by atoms with E-state index in [2.05, 4.69) is 9.89 Å². The number of amidine groups is 1. The molecule has 0 spiro atoms. The van der Waals surface area contributed by atoms with Crippen LogP contribution in [0, 0.1) is 0 Å². The molecule has 0 radical (unpaired) electrons. The van der Waals surface area contributed by atoms with Gasteiger partial charge in [-0.1, -0.05) is 18.2 Å². The Morgan fingerprint density at radius 3 is 2.71 bits per heavy atom. The van der Waals surface area contributed by atoms with Gasteiger partial charge < -0.3 is 14.4 Å². The molecule has 1 amide bonds. The molecule has 0 unspecified atom stereocenters. The van der Waals surface area contributed by atoms with Gasteiger partial charge in [-0.2, -0.15) is 0 Å². The maximum Gasteiger partial charge on any atom is 0.419 e. The summed E-state index contributed by atoms with van der Waals surface area (Å²) >= 11 is 0. The minimum absolute atomic E-state index is 0.405. The number of carbonyl (C=O) groups excluding carboxylic acids is 1. The van der Waals surface area contributed by atoms with Crippen LogP contribution in [0.5, 0.6) is 5.75 Å². The predicted octanol–water partition coefficient (Wildman–Crippen LogP) is 1.70. The number of nitrogens with zero attached hydrogens (tertiary/aromatic N) is 3. The van der Waals surface area contributed by atoms with Crippen LogP contribution in [0.25, 0.3) is 0 Å². The highest BCUT2D eigenvalue weighted by molar-refractivity contribution is 5.89. The van der Waals surface area contributed by atoms with Crippen molar-refractivity contribution in [3.8, 4) is 5.75 Å². The number of aliphatic imine (C=N–C) groups is 1. The Balaban J connectivity index is 1.61. The topological polar surface area (TPSA) is 54.4 Å². The number of carbonyl (C=O) groups is 1. The molecule has 1 saturated heterocycles. The van der Waals surface area contributed by atoms with E-state index in [0.717, 1.165) is 18.9 Å². The van der Waals surface area contributed by atoms with E-state index in [9.17, 15) is 4.79 Å². The van der Waals surface area contributed by atoms with Gasteiger partial charge in [0.15, 0.2) is 0 Å². The van der Waals surface area contributed by atoms with Crippen LogP contribution in [-0.4, -0.2) is 54.6 Å². The Labute approximate surface area is 123 Å². The Kier molecular flexibility index (Phi) is 4.16. The molecule has 1 aromatic carbocycles. The molecule has 0 saturated carbocycles. The van der Waals surface area contributed by atoms with Crippen LogP contribution in [0.3, 0.4) is 0 Å². The third kappa shape index (κ3) is 3.41. The van der Waals surface area contributed by atoms with Crippen molar-refractivity contribution >= 4 is 11.9 Å². The summed E-state index contributed by atoms with van der Waals surface area (Å²) in [5.74, 6) is 1.40. The number of ether oxygens (including phenoxy) is 2. The minimum Gasteiger partial charge on any atom is -0.410 e. The molecule has 0 atom stereocenters. The molecule has 0 aliphatic carbocycles. The summed E-state index contributed by atoms with van der Waals surface area (Å²) in [5, 5.41) is 0. The molecule has 3 rings (SSSR count). The Hall–Kier alpha value is -2.34. The van der Waals surface area contributed by atoms with Crippen LogP contribution in [0.4, 0.5) is 4.79 Å². The molecular formula is C15H17N3O3. The fourth-order valence-corrected chi connectivity index (χ4v) is 2.22. The highest BCUT2D eigenvalue weighted by Crippen LogP contribution is 2.12. The van der Waals surface area contributed by atoms with Crippen LogP contribution >= 0.6 is 0 Å². The lowest BCUT2D eigenvalue weighted by Gasteiger charge is -2.32. The zero-order valence-corrected chi connectivity index (χ0v) is 11.6. The van der Waals surface area contributed by atoms with Gasteiger partial charge >= 0.3 is 6.09 Å². The lowest BCUT2D eigenvalue weighted by atomic mass is 10.3. The number of rotatable bonds is 1. The number of benzene rings is 1. The number of morpholine rings is 1. The standard InChI is InChI=1S/C15H17N3O3/c19-15(21-13-4-2-1-3-5-13)18-7-6-16-14(12-18)17-8-10-20-11-9-17/h1-7H,8-12H2. The van der Waals surface area contributed by atoms with E-state index < -0.39 is 6.09 Å². The number of amides is 1. The molecule has 21 heavy (non-hydrogen) atoms. The van der Waals surface area contributed by atoms with Crippen molar-refractivity contribution in [2.24, 2.45) is 4.99 Å². The van der Waals surface area contributed by atoms with Crippen molar-refractivity contribution in [1.82, 2.24) is 9.80 Å². The molecule has 2 aliphatic rings. The molecular weight excluding hydrogens is 270 g/mol. The van der Waals surface area contributed by atoms with E-state index in [0.29, 0.717) is 25.5 Å². The summed E-state index contributed by atoms with van der Waals surface area (Å²) < 4.78 is 10.7. The molecule has 1 aromatic rings. The molecule has 0 bridgehead atoms. The van der Waals surface area contributed by atoms with Gasteiger partial charge in [-0.3, -0.25) is 4.90 Å². The number of hydrogen-bond acceptors (Lipinski definition) is 5. The Morgan fingerprint density at radius 2 is 1.95 bits per heavy atom. The summed E-state index contributed by atoms with van der Waals surface area (Å²) in [6.45, 7) is 3.40. The zero-order valence-electron chi connectivity index (χ0n) is 11.6. The van der Waals surface area contributed by atoms with Crippen LogP contribution in [0.15, 0.2) is 47.7 Å². The lowest BCUT2D eigenvalue weighted by Crippen LogP contribution is -2.47. The highest BCUT2D eigenvalue weighted by atomic mass is 16.6. The molecule has 6 nitrogen and oxygen atoms in total. The molecule has 6 heteroatoms. The van der Waals surface area contributed by atoms with E-state index in [1.165, 1.54) is 4.90 Å². The van der Waals surface area contributed by atoms with Crippen molar-refractivity contribution < 1.29 is 14.3 Å². The summed E-state index contributed by atoms with van der Waals surface area (Å²) in [4.78, 5) is 20.2. The fraction of sp³-hybridized carbons (Fsp3) is 0.333. The molecule has 2 heterocycles. The summed E-state index contributed by atoms with van der Waals surface area (Å²) in [5.41, 5.74) is 0. The van der Waals surface area contributed by atoms with Crippen LogP contribution in [-0.2, 0) is 4.74 Å². The van der Waals surface area contributed by atoms with Gasteiger partial charge in [-0.15, -0.1) is 0 Å². The third-order valence-electron chi connectivity index (χ3n) is 3.34. The quantitative estimate of drug-likeness (QED) is 0.789. The largest absolute Gasteiger partial charge is 0.419 e. The summed E-state index contributed by atoms with van der Waals surface area (Å²) in [7, 11) is 0. The predicted molar refractivity (Wildman–Crippen MR) is 78.1 cm³/mol. The van der Waals surface area contributed by atoms with E-state index in [1.54, 1.807) is 24.5 Å². The number of para-hydroxylation sites is 1. The average Bonchev–Trinajstić information content (AvgIpc) is 2.57. The SMILES string of the molecule is O=C(Oc1ccccc1)N1C=CN=C(N2CCOCC2)C1. The van der Waals surface area contributed by atoms with Crippen molar-refractivity contribution in [2.45, 2.75) is 0 Å². The molecule has 2 aliphatic heterocycles. The smallest absolute Gasteiger partial charge is 0.410 e. The monoisotopic (exact) mass is 287 g/mol. The van der Waals surface area contributed by atoms with E-state index in [1.807, 2.05) is 18.2 Å². The van der Waals surface area contributed by atoms with Gasteiger partial charge in [-0.25, -0.2) is 9.79 Å². The van der Waals surface area contributed by atoms with Crippen LogP contribution in [0.2, 0.25) is 0 Å². The second-order valence-corrected chi connectivity index (χ2v) is 4.75. The minimum atomic E-state index is -0.405. The number of hydrogen-bond donors (Lipinski definition) is 0. The van der Waals surface area contributed by atoms with Crippen molar-refractivity contribution in [1.29, 1.82) is 0 Å². The molecule has 110 valence electrons. The molecule has 1 fully saturated rings. The van der Waals surface area contributed by atoms with Gasteiger partial charge in [0.2, 0.25) is 0 Å². The highest BCUT2D eigenvalue weighted by Gasteiger charge is 2.23. The van der Waals surface area contributed by atoms with Gasteiger partial charge in [-0.05, 0) is 12.1 Å². The van der Waals surface area contributed by atoms with Gasteiger partial charge in [0, 0.05) is 25.5 Å². The molecule has 0 N–H and O–H groups in total. The van der Waals surface area contributed by atoms with Gasteiger partial charge in [0.05, 0.1) is 19.8 Å². The normalized spacial score (nSPS) is 18.4. The first kappa shape index (κ1) is 13.6. The first-order chi connectivity index (χ1) is 10.3. The van der Waals surface area contributed by atoms with Crippen molar-refractivity contribution in [3.63, 3.8) is 0 Å². The van der Waals surface area contributed by atoms with E-state index >= 15 is 0 Å². The lowest BCUT2D eigenvalue weighted by molar-refractivity contribution is 0.0665. The van der Waals surface area contributed by atoms with Gasteiger partial charge in [0.25, 0.3) is 0 Å². The zero-order chi connectivity index (χ0) is 14.5. The molecule has 0 aromatic heterocycles. The van der Waals surface area contributed by atoms with Gasteiger partial charge in [0.1, 0.15) is 11.6 Å². The Bertz CT molecular complexity index is 551. The second kappa shape index (κ2) is 6.41. The maximum atomic E-state index is 12.2. The fourth-order valence-electron chi connectivity index (χ4n) is 2.22. The van der Waals surface area contributed by atoms with E-state index in [4.69, 9.17) is 9.47 Å². The maximum absolute atomic E-state index is 12.2. The van der Waals surface area contributed by atoms with Crippen LogP contribution < -0.4 is 4.74 Å².